The third-order valence-corrected chi connectivity index (χ3v) is 4.02. The minimum atomic E-state index is 0.676. The highest BCUT2D eigenvalue weighted by Gasteiger charge is 2.24. The normalized spacial score (nSPS) is 27.9. The van der Waals surface area contributed by atoms with Gasteiger partial charge in [0.2, 0.25) is 0 Å². The fraction of sp³-hybridized carbons (Fsp3) is 1.00. The zero-order chi connectivity index (χ0) is 10.2. The number of nitrogens with one attached hydrogen (secondary N) is 1. The molecule has 14 heavy (non-hydrogen) atoms. The molecule has 1 heterocycles. The van der Waals surface area contributed by atoms with Gasteiger partial charge < -0.3 is 10.1 Å². The van der Waals surface area contributed by atoms with E-state index in [4.69, 9.17) is 4.74 Å². The van der Waals surface area contributed by atoms with Gasteiger partial charge in [0.1, 0.15) is 0 Å². The maximum absolute atomic E-state index is 5.53. The molecule has 0 spiro atoms. The predicted molar refractivity (Wildman–Crippen MR) is 64.1 cm³/mol. The van der Waals surface area contributed by atoms with Gasteiger partial charge >= 0.3 is 0 Å². The topological polar surface area (TPSA) is 21.3 Å². The highest BCUT2D eigenvalue weighted by Crippen LogP contribution is 2.22. The van der Waals surface area contributed by atoms with Crippen molar-refractivity contribution >= 4 is 11.8 Å². The first kappa shape index (κ1) is 12.3. The predicted octanol–water partition coefficient (Wildman–Crippen LogP) is 2.29. The van der Waals surface area contributed by atoms with Crippen molar-refractivity contribution in [3.8, 4) is 0 Å². The van der Waals surface area contributed by atoms with Crippen molar-refractivity contribution in [2.45, 2.75) is 44.4 Å². The molecule has 0 bridgehead atoms. The van der Waals surface area contributed by atoms with Crippen molar-refractivity contribution in [2.75, 3.05) is 25.5 Å². The molecule has 1 N–H and O–H groups in total. The fourth-order valence-corrected chi connectivity index (χ4v) is 3.17. The zero-order valence-electron chi connectivity index (χ0n) is 9.42. The van der Waals surface area contributed by atoms with E-state index < -0.39 is 0 Å². The Balaban J connectivity index is 2.22. The number of unbranched alkanes of at least 4 members (excludes halogenated alkanes) is 1. The average Bonchev–Trinajstić information content (AvgIpc) is 2.21. The molecule has 1 fully saturated rings. The summed E-state index contributed by atoms with van der Waals surface area (Å²) in [6.07, 6.45) is 3.81. The number of ether oxygens (including phenoxy) is 1. The van der Waals surface area contributed by atoms with Gasteiger partial charge in [0.25, 0.3) is 0 Å². The molecule has 3 heteroatoms. The van der Waals surface area contributed by atoms with Crippen LogP contribution in [0.4, 0.5) is 0 Å². The Hall–Kier alpha value is 0.270. The van der Waals surface area contributed by atoms with E-state index in [0.717, 1.165) is 19.8 Å². The van der Waals surface area contributed by atoms with Gasteiger partial charge in [-0.15, -0.1) is 0 Å². The van der Waals surface area contributed by atoms with E-state index in [1.54, 1.807) is 0 Å². The van der Waals surface area contributed by atoms with Crippen LogP contribution in [-0.4, -0.2) is 36.8 Å². The van der Waals surface area contributed by atoms with Crippen LogP contribution < -0.4 is 5.32 Å². The summed E-state index contributed by atoms with van der Waals surface area (Å²) in [6.45, 7) is 7.38. The Kier molecular flexibility index (Phi) is 6.65. The van der Waals surface area contributed by atoms with Crippen molar-refractivity contribution in [2.24, 2.45) is 0 Å². The molecule has 0 aromatic rings. The Morgan fingerprint density at radius 3 is 3.00 bits per heavy atom. The lowest BCUT2D eigenvalue weighted by atomic mass is 10.1. The summed E-state index contributed by atoms with van der Waals surface area (Å²) in [7, 11) is 0. The van der Waals surface area contributed by atoms with Gasteiger partial charge in [-0.25, -0.2) is 0 Å². The third kappa shape index (κ3) is 4.20. The molecule has 2 nitrogen and oxygen atoms in total. The largest absolute Gasteiger partial charge is 0.380 e. The van der Waals surface area contributed by atoms with Crippen LogP contribution in [0.2, 0.25) is 0 Å². The lowest BCUT2D eigenvalue weighted by Gasteiger charge is -2.31. The summed E-state index contributed by atoms with van der Waals surface area (Å²) in [5, 5.41) is 4.24. The minimum Gasteiger partial charge on any atom is -0.380 e. The minimum absolute atomic E-state index is 0.676. The molecule has 1 rings (SSSR count). The number of hydrogen-bond donors (Lipinski definition) is 1. The van der Waals surface area contributed by atoms with E-state index in [1.165, 1.54) is 25.0 Å². The molecule has 1 saturated heterocycles. The molecule has 2 unspecified atom stereocenters. The Bertz CT molecular complexity index is 141. The second-order valence-electron chi connectivity index (χ2n) is 3.79. The van der Waals surface area contributed by atoms with Gasteiger partial charge in [0.05, 0.1) is 6.61 Å². The first-order valence-electron chi connectivity index (χ1n) is 5.81. The van der Waals surface area contributed by atoms with Gasteiger partial charge in [-0.1, -0.05) is 20.3 Å². The van der Waals surface area contributed by atoms with E-state index in [1.807, 2.05) is 0 Å². The summed E-state index contributed by atoms with van der Waals surface area (Å²) in [6, 6.07) is 0.676. The van der Waals surface area contributed by atoms with Crippen molar-refractivity contribution in [3.05, 3.63) is 0 Å². The molecule has 0 aliphatic carbocycles. The molecule has 2 atom stereocenters. The molecule has 0 aromatic heterocycles. The maximum atomic E-state index is 5.53. The van der Waals surface area contributed by atoms with Gasteiger partial charge in [0.15, 0.2) is 0 Å². The summed E-state index contributed by atoms with van der Waals surface area (Å²) in [4.78, 5) is 0. The van der Waals surface area contributed by atoms with Crippen molar-refractivity contribution in [1.82, 2.24) is 5.32 Å². The highest BCUT2D eigenvalue weighted by molar-refractivity contribution is 8.00. The lowest BCUT2D eigenvalue weighted by molar-refractivity contribution is 0.0837. The second kappa shape index (κ2) is 7.55. The fourth-order valence-electron chi connectivity index (χ4n) is 1.75. The molecule has 0 aromatic carbocycles. The van der Waals surface area contributed by atoms with Gasteiger partial charge in [-0.2, -0.15) is 11.8 Å². The number of rotatable bonds is 6. The second-order valence-corrected chi connectivity index (χ2v) is 5.14. The molecule has 0 amide bonds. The average molecular weight is 217 g/mol. The quantitative estimate of drug-likeness (QED) is 0.690. The molecule has 0 saturated carbocycles. The Labute approximate surface area is 92.2 Å². The van der Waals surface area contributed by atoms with E-state index in [2.05, 4.69) is 30.9 Å². The van der Waals surface area contributed by atoms with Crippen molar-refractivity contribution in [1.29, 1.82) is 0 Å². The number of hydrogen-bond acceptors (Lipinski definition) is 3. The Morgan fingerprint density at radius 1 is 1.43 bits per heavy atom. The Morgan fingerprint density at radius 2 is 2.29 bits per heavy atom. The molecule has 0 radical (unpaired) electrons. The summed E-state index contributed by atoms with van der Waals surface area (Å²) in [5.41, 5.74) is 0. The van der Waals surface area contributed by atoms with Crippen LogP contribution in [-0.2, 0) is 4.74 Å². The standard InChI is InChI=1S/C11H23NOS/c1-3-5-8-14-11-9-13-7-6-10(11)12-4-2/h10-12H,3-9H2,1-2H3. The summed E-state index contributed by atoms with van der Waals surface area (Å²) < 4.78 is 5.53. The zero-order valence-corrected chi connectivity index (χ0v) is 10.2. The maximum Gasteiger partial charge on any atom is 0.0600 e. The molecular weight excluding hydrogens is 194 g/mol. The van der Waals surface area contributed by atoms with E-state index in [-0.39, 0.29) is 0 Å². The summed E-state index contributed by atoms with van der Waals surface area (Å²) in [5.74, 6) is 1.28. The van der Waals surface area contributed by atoms with Gasteiger partial charge in [0, 0.05) is 17.9 Å². The smallest absolute Gasteiger partial charge is 0.0600 e. The number of thioether (sulfide) groups is 1. The van der Waals surface area contributed by atoms with Crippen LogP contribution in [0.15, 0.2) is 0 Å². The molecule has 84 valence electrons. The molecular formula is C11H23NOS. The molecule has 1 aliphatic rings. The van der Waals surface area contributed by atoms with Crippen LogP contribution in [0.25, 0.3) is 0 Å². The van der Waals surface area contributed by atoms with E-state index >= 15 is 0 Å². The lowest BCUT2D eigenvalue weighted by Crippen LogP contribution is -2.44. The van der Waals surface area contributed by atoms with Gasteiger partial charge in [-0.05, 0) is 25.1 Å². The van der Waals surface area contributed by atoms with Crippen LogP contribution in [0, 0.1) is 0 Å². The monoisotopic (exact) mass is 217 g/mol. The van der Waals surface area contributed by atoms with Gasteiger partial charge in [-0.3, -0.25) is 0 Å². The third-order valence-electron chi connectivity index (χ3n) is 2.60. The highest BCUT2D eigenvalue weighted by atomic mass is 32.2. The molecule has 1 aliphatic heterocycles. The van der Waals surface area contributed by atoms with Crippen molar-refractivity contribution < 1.29 is 4.74 Å². The van der Waals surface area contributed by atoms with E-state index in [9.17, 15) is 0 Å². The van der Waals surface area contributed by atoms with Crippen LogP contribution in [0.1, 0.15) is 33.1 Å². The SMILES string of the molecule is CCCCSC1COCCC1NCC. The first-order valence-corrected chi connectivity index (χ1v) is 6.86. The summed E-state index contributed by atoms with van der Waals surface area (Å²) >= 11 is 2.08. The van der Waals surface area contributed by atoms with Crippen LogP contribution in [0.3, 0.4) is 0 Å². The van der Waals surface area contributed by atoms with Crippen LogP contribution in [0.5, 0.6) is 0 Å². The van der Waals surface area contributed by atoms with E-state index in [0.29, 0.717) is 11.3 Å². The first-order chi connectivity index (χ1) is 6.88. The van der Waals surface area contributed by atoms with Crippen molar-refractivity contribution in [3.63, 3.8) is 0 Å². The van der Waals surface area contributed by atoms with Crippen LogP contribution >= 0.6 is 11.8 Å².